The molecule has 1 heterocycles. The molecule has 3 atom stereocenters. The van der Waals surface area contributed by atoms with E-state index in [1.54, 1.807) is 7.11 Å². The second-order valence-electron chi connectivity index (χ2n) is 9.66. The Morgan fingerprint density at radius 3 is 2.28 bits per heavy atom. The number of nitrogens with zero attached hydrogens (tertiary/aromatic N) is 2. The molecule has 0 saturated heterocycles. The zero-order valence-electron chi connectivity index (χ0n) is 21.9. The maximum absolute atomic E-state index is 13.7. The summed E-state index contributed by atoms with van der Waals surface area (Å²) in [6.45, 7) is 6.30. The predicted molar refractivity (Wildman–Crippen MR) is 146 cm³/mol. The van der Waals surface area contributed by atoms with Crippen LogP contribution in [0.5, 0.6) is 11.5 Å². The summed E-state index contributed by atoms with van der Waals surface area (Å²) in [6.07, 6.45) is 1.21. The van der Waals surface area contributed by atoms with Gasteiger partial charge in [0, 0.05) is 16.8 Å². The van der Waals surface area contributed by atoms with Gasteiger partial charge in [-0.2, -0.15) is 0 Å². The Morgan fingerprint density at radius 1 is 1.03 bits per heavy atom. The lowest BCUT2D eigenvalue weighted by Crippen LogP contribution is -2.41. The van der Waals surface area contributed by atoms with Crippen LogP contribution in [0.1, 0.15) is 61.5 Å². The van der Waals surface area contributed by atoms with Crippen molar-refractivity contribution in [2.45, 2.75) is 51.8 Å². The van der Waals surface area contributed by atoms with Crippen molar-refractivity contribution in [3.63, 3.8) is 0 Å². The number of carbonyl (C=O) groups excluding carboxylic acids is 1. The lowest BCUT2D eigenvalue weighted by atomic mass is 9.86. The molecule has 5 nitrogen and oxygen atoms in total. The zero-order chi connectivity index (χ0) is 26.0. The molecule has 3 aromatic rings. The number of amides is 1. The van der Waals surface area contributed by atoms with Gasteiger partial charge in [0.1, 0.15) is 0 Å². The number of hydrogen-bond donors (Lipinski definition) is 0. The average Bonchev–Trinajstić information content (AvgIpc) is 2.88. The highest BCUT2D eigenvalue weighted by atomic mass is 35.5. The molecule has 1 aliphatic heterocycles. The largest absolute Gasteiger partial charge is 0.493 e. The third-order valence-electron chi connectivity index (χ3n) is 7.11. The number of halogens is 1. The molecule has 4 rings (SSSR count). The van der Waals surface area contributed by atoms with Gasteiger partial charge in [-0.15, -0.1) is 0 Å². The molecule has 0 bridgehead atoms. The molecule has 3 aromatic carbocycles. The Hall–Kier alpha value is -3.02. The number of fused-ring (bicyclic) bond motifs is 1. The first-order chi connectivity index (χ1) is 17.2. The van der Waals surface area contributed by atoms with Gasteiger partial charge in [-0.25, -0.2) is 0 Å². The second kappa shape index (κ2) is 10.9. The Labute approximate surface area is 219 Å². The van der Waals surface area contributed by atoms with Gasteiger partial charge in [0.15, 0.2) is 11.5 Å². The Bertz CT molecular complexity index is 1210. The van der Waals surface area contributed by atoms with Gasteiger partial charge in [-0.3, -0.25) is 4.79 Å². The van der Waals surface area contributed by atoms with E-state index in [4.69, 9.17) is 21.1 Å². The maximum atomic E-state index is 13.7. The van der Waals surface area contributed by atoms with E-state index in [1.807, 2.05) is 60.4 Å². The average molecular weight is 507 g/mol. The molecule has 36 heavy (non-hydrogen) atoms. The van der Waals surface area contributed by atoms with E-state index in [-0.39, 0.29) is 30.5 Å². The van der Waals surface area contributed by atoms with Crippen molar-refractivity contribution in [3.05, 3.63) is 87.9 Å². The summed E-state index contributed by atoms with van der Waals surface area (Å²) < 4.78 is 11.9. The molecule has 190 valence electrons. The number of carbonyl (C=O) groups is 1. The molecule has 1 aliphatic rings. The number of ether oxygens (including phenoxy) is 2. The van der Waals surface area contributed by atoms with E-state index >= 15 is 0 Å². The van der Waals surface area contributed by atoms with Crippen molar-refractivity contribution in [3.8, 4) is 11.5 Å². The fourth-order valence-electron chi connectivity index (χ4n) is 4.59. The SMILES string of the molecule is CCC(C)Oc1cc2c(cc1OC)CC(=O)N(c1ccc(C(C)N(C)C)cc1)C2c1ccc(Cl)cc1. The minimum absolute atomic E-state index is 0.0357. The first-order valence-corrected chi connectivity index (χ1v) is 12.8. The van der Waals surface area contributed by atoms with Crippen molar-refractivity contribution in [1.29, 1.82) is 0 Å². The standard InChI is InChI=1S/C30H35ClN2O3/c1-7-19(2)36-28-18-26-23(16-27(28)35-6)17-29(34)33(30(26)22-8-12-24(31)13-9-22)25-14-10-21(11-15-25)20(3)32(4)5/h8-16,18-20,30H,7,17H2,1-6H3. The van der Waals surface area contributed by atoms with Gasteiger partial charge in [-0.05, 0) is 93.0 Å². The predicted octanol–water partition coefficient (Wildman–Crippen LogP) is 6.83. The maximum Gasteiger partial charge on any atom is 0.232 e. The highest BCUT2D eigenvalue weighted by molar-refractivity contribution is 6.30. The lowest BCUT2D eigenvalue weighted by Gasteiger charge is -2.38. The highest BCUT2D eigenvalue weighted by Crippen LogP contribution is 2.44. The van der Waals surface area contributed by atoms with Gasteiger partial charge in [0.05, 0.1) is 25.7 Å². The lowest BCUT2D eigenvalue weighted by molar-refractivity contribution is -0.118. The van der Waals surface area contributed by atoms with E-state index in [9.17, 15) is 4.79 Å². The molecule has 3 unspecified atom stereocenters. The number of hydrogen-bond acceptors (Lipinski definition) is 4. The molecular weight excluding hydrogens is 472 g/mol. The number of anilines is 1. The van der Waals surface area contributed by atoms with Crippen LogP contribution in [0.3, 0.4) is 0 Å². The quantitative estimate of drug-likeness (QED) is 0.336. The molecule has 0 N–H and O–H groups in total. The number of benzene rings is 3. The van der Waals surface area contributed by atoms with E-state index in [0.29, 0.717) is 16.5 Å². The van der Waals surface area contributed by atoms with Crippen molar-refractivity contribution < 1.29 is 14.3 Å². The topological polar surface area (TPSA) is 42.0 Å². The summed E-state index contributed by atoms with van der Waals surface area (Å²) in [6, 6.07) is 20.0. The van der Waals surface area contributed by atoms with Crippen LogP contribution < -0.4 is 14.4 Å². The molecule has 0 aliphatic carbocycles. The molecule has 0 radical (unpaired) electrons. The summed E-state index contributed by atoms with van der Waals surface area (Å²) >= 11 is 6.22. The van der Waals surface area contributed by atoms with E-state index in [0.717, 1.165) is 28.8 Å². The fourth-order valence-corrected chi connectivity index (χ4v) is 4.71. The minimum atomic E-state index is -0.319. The smallest absolute Gasteiger partial charge is 0.232 e. The first-order valence-electron chi connectivity index (χ1n) is 12.4. The summed E-state index contributed by atoms with van der Waals surface area (Å²) in [7, 11) is 5.76. The second-order valence-corrected chi connectivity index (χ2v) is 10.1. The Kier molecular flexibility index (Phi) is 7.91. The van der Waals surface area contributed by atoms with Crippen molar-refractivity contribution in [2.24, 2.45) is 0 Å². The van der Waals surface area contributed by atoms with Gasteiger partial charge in [0.2, 0.25) is 5.91 Å². The van der Waals surface area contributed by atoms with Crippen molar-refractivity contribution in [2.75, 3.05) is 26.1 Å². The molecule has 6 heteroatoms. The first kappa shape index (κ1) is 26.1. The third kappa shape index (κ3) is 5.23. The molecular formula is C30H35ClN2O3. The Morgan fingerprint density at radius 2 is 1.69 bits per heavy atom. The van der Waals surface area contributed by atoms with Crippen LogP contribution in [0.25, 0.3) is 0 Å². The molecule has 1 amide bonds. The number of rotatable bonds is 8. The van der Waals surface area contributed by atoms with Crippen LogP contribution in [0.2, 0.25) is 5.02 Å². The summed E-state index contributed by atoms with van der Waals surface area (Å²) in [5.41, 5.74) is 5.02. The number of methoxy groups -OCH3 is 1. The highest BCUT2D eigenvalue weighted by Gasteiger charge is 2.36. The molecule has 0 spiro atoms. The monoisotopic (exact) mass is 506 g/mol. The van der Waals surface area contributed by atoms with Crippen LogP contribution in [0, 0.1) is 0 Å². The summed E-state index contributed by atoms with van der Waals surface area (Å²) in [5, 5.41) is 0.658. The van der Waals surface area contributed by atoms with Crippen LogP contribution in [0.15, 0.2) is 60.7 Å². The van der Waals surface area contributed by atoms with Crippen LogP contribution in [0.4, 0.5) is 5.69 Å². The third-order valence-corrected chi connectivity index (χ3v) is 7.36. The molecule has 0 aromatic heterocycles. The van der Waals surface area contributed by atoms with Crippen molar-refractivity contribution in [1.82, 2.24) is 4.90 Å². The summed E-state index contributed by atoms with van der Waals surface area (Å²) in [4.78, 5) is 17.7. The van der Waals surface area contributed by atoms with Crippen LogP contribution >= 0.6 is 11.6 Å². The van der Waals surface area contributed by atoms with Crippen molar-refractivity contribution >= 4 is 23.2 Å². The van der Waals surface area contributed by atoms with Gasteiger partial charge >= 0.3 is 0 Å². The van der Waals surface area contributed by atoms with Gasteiger partial charge in [-0.1, -0.05) is 42.8 Å². The summed E-state index contributed by atoms with van der Waals surface area (Å²) in [5.74, 6) is 1.37. The Balaban J connectivity index is 1.85. The van der Waals surface area contributed by atoms with E-state index in [2.05, 4.69) is 45.0 Å². The molecule has 0 saturated carbocycles. The zero-order valence-corrected chi connectivity index (χ0v) is 22.7. The molecule has 0 fully saturated rings. The van der Waals surface area contributed by atoms with E-state index < -0.39 is 0 Å². The minimum Gasteiger partial charge on any atom is -0.493 e. The van der Waals surface area contributed by atoms with Crippen LogP contribution in [-0.2, 0) is 11.2 Å². The van der Waals surface area contributed by atoms with Gasteiger partial charge < -0.3 is 19.3 Å². The van der Waals surface area contributed by atoms with Crippen LogP contribution in [-0.4, -0.2) is 38.1 Å². The van der Waals surface area contributed by atoms with E-state index in [1.165, 1.54) is 5.56 Å². The van der Waals surface area contributed by atoms with Gasteiger partial charge in [0.25, 0.3) is 0 Å². The fraction of sp³-hybridized carbons (Fsp3) is 0.367. The normalized spacial score (nSPS) is 17.1.